The summed E-state index contributed by atoms with van der Waals surface area (Å²) in [4.78, 5) is 16.1. The topological polar surface area (TPSA) is 68.0 Å². The summed E-state index contributed by atoms with van der Waals surface area (Å²) in [6.07, 6.45) is 1.06. The van der Waals surface area contributed by atoms with Gasteiger partial charge in [-0.2, -0.15) is 0 Å². The lowest BCUT2D eigenvalue weighted by atomic mass is 9.83. The highest BCUT2D eigenvalue weighted by Crippen LogP contribution is 2.25. The van der Waals surface area contributed by atoms with E-state index >= 15 is 0 Å². The second-order valence-corrected chi connectivity index (χ2v) is 5.06. The number of hydrogen-bond acceptors (Lipinski definition) is 3. The fourth-order valence-corrected chi connectivity index (χ4v) is 1.75. The van der Waals surface area contributed by atoms with Gasteiger partial charge in [0.15, 0.2) is 0 Å². The Kier molecular flexibility index (Phi) is 3.70. The first-order valence-corrected chi connectivity index (χ1v) is 6.18. The Hall–Kier alpha value is -2.43. The lowest BCUT2D eigenvalue weighted by Gasteiger charge is -2.24. The van der Waals surface area contributed by atoms with E-state index in [0.29, 0.717) is 11.5 Å². The largest absolute Gasteiger partial charge is 0.399 e. The molecule has 104 valence electrons. The van der Waals surface area contributed by atoms with Crippen LogP contribution < -0.4 is 11.1 Å². The van der Waals surface area contributed by atoms with Crippen LogP contribution in [-0.4, -0.2) is 10.9 Å². The number of nitrogens with zero attached hydrogens (tertiary/aromatic N) is 1. The zero-order valence-corrected chi connectivity index (χ0v) is 11.4. The van der Waals surface area contributed by atoms with Crippen LogP contribution in [0.5, 0.6) is 0 Å². The lowest BCUT2D eigenvalue weighted by molar-refractivity contribution is -0.120. The molecule has 1 aromatic carbocycles. The van der Waals surface area contributed by atoms with Gasteiger partial charge in [-0.25, -0.2) is 9.37 Å². The zero-order chi connectivity index (χ0) is 14.8. The second-order valence-electron chi connectivity index (χ2n) is 5.06. The Morgan fingerprint density at radius 1 is 1.20 bits per heavy atom. The molecule has 1 aromatic heterocycles. The molecule has 2 aromatic rings. The molecule has 0 fully saturated rings. The van der Waals surface area contributed by atoms with Gasteiger partial charge in [-0.05, 0) is 43.7 Å². The van der Waals surface area contributed by atoms with Crippen LogP contribution in [0.2, 0.25) is 0 Å². The number of benzene rings is 1. The van der Waals surface area contributed by atoms with Crippen molar-refractivity contribution < 1.29 is 9.18 Å². The smallest absolute Gasteiger partial charge is 0.235 e. The van der Waals surface area contributed by atoms with Gasteiger partial charge in [0.05, 0.1) is 11.6 Å². The molecule has 1 heterocycles. The molecule has 0 spiro atoms. The van der Waals surface area contributed by atoms with Gasteiger partial charge in [0.2, 0.25) is 5.91 Å². The van der Waals surface area contributed by atoms with Gasteiger partial charge in [0.1, 0.15) is 11.6 Å². The van der Waals surface area contributed by atoms with Gasteiger partial charge < -0.3 is 11.1 Å². The Labute approximate surface area is 116 Å². The van der Waals surface area contributed by atoms with Crippen molar-refractivity contribution in [2.75, 3.05) is 11.1 Å². The summed E-state index contributed by atoms with van der Waals surface area (Å²) in [7, 11) is 0. The third-order valence-corrected chi connectivity index (χ3v) is 3.17. The van der Waals surface area contributed by atoms with Crippen molar-refractivity contribution in [3.05, 3.63) is 54.0 Å². The Balaban J connectivity index is 2.18. The first-order chi connectivity index (χ1) is 9.39. The average molecular weight is 273 g/mol. The number of halogens is 1. The highest BCUT2D eigenvalue weighted by atomic mass is 19.1. The lowest BCUT2D eigenvalue weighted by Crippen LogP contribution is -2.35. The van der Waals surface area contributed by atoms with Crippen LogP contribution in [0.15, 0.2) is 42.6 Å². The summed E-state index contributed by atoms with van der Waals surface area (Å²) < 4.78 is 12.8. The van der Waals surface area contributed by atoms with Gasteiger partial charge in [0, 0.05) is 5.69 Å². The first kappa shape index (κ1) is 14.0. The predicted octanol–water partition coefficient (Wildman–Crippen LogP) is 2.72. The third-order valence-electron chi connectivity index (χ3n) is 3.17. The van der Waals surface area contributed by atoms with Gasteiger partial charge in [-0.1, -0.05) is 12.1 Å². The van der Waals surface area contributed by atoms with Crippen molar-refractivity contribution in [3.63, 3.8) is 0 Å². The van der Waals surface area contributed by atoms with Crippen LogP contribution in [0.3, 0.4) is 0 Å². The minimum absolute atomic E-state index is 0.221. The van der Waals surface area contributed by atoms with Crippen LogP contribution in [0.4, 0.5) is 15.9 Å². The van der Waals surface area contributed by atoms with Crippen molar-refractivity contribution in [1.82, 2.24) is 4.98 Å². The Morgan fingerprint density at radius 2 is 1.85 bits per heavy atom. The summed E-state index contributed by atoms with van der Waals surface area (Å²) >= 11 is 0. The normalized spacial score (nSPS) is 11.2. The number of nitrogen functional groups attached to an aromatic ring is 1. The minimum atomic E-state index is -0.746. The number of nitrogens with one attached hydrogen (secondary N) is 1. The van der Waals surface area contributed by atoms with Crippen LogP contribution in [-0.2, 0) is 10.2 Å². The van der Waals surface area contributed by atoms with E-state index in [1.807, 2.05) is 12.1 Å². The molecular weight excluding hydrogens is 257 g/mol. The summed E-state index contributed by atoms with van der Waals surface area (Å²) in [6.45, 7) is 3.61. The molecule has 0 saturated carbocycles. The van der Waals surface area contributed by atoms with E-state index in [4.69, 9.17) is 5.73 Å². The van der Waals surface area contributed by atoms with E-state index in [1.54, 1.807) is 26.0 Å². The number of pyridine rings is 1. The van der Waals surface area contributed by atoms with Crippen LogP contribution in [0.1, 0.15) is 19.4 Å². The van der Waals surface area contributed by atoms with E-state index in [-0.39, 0.29) is 5.91 Å². The number of hydrogen-bond donors (Lipinski definition) is 2. The summed E-state index contributed by atoms with van der Waals surface area (Å²) in [5, 5.41) is 2.67. The molecule has 0 aliphatic rings. The SMILES string of the molecule is CC(C)(C(=O)Nc1ccc(F)cn1)c1ccc(N)cc1. The molecule has 20 heavy (non-hydrogen) atoms. The van der Waals surface area contributed by atoms with E-state index < -0.39 is 11.2 Å². The number of carbonyl (C=O) groups is 1. The number of nitrogens with two attached hydrogens (primary N) is 1. The van der Waals surface area contributed by atoms with E-state index in [2.05, 4.69) is 10.3 Å². The summed E-state index contributed by atoms with van der Waals surface area (Å²) in [5.74, 6) is -0.345. The molecule has 0 bridgehead atoms. The molecule has 0 radical (unpaired) electrons. The van der Waals surface area contributed by atoms with Gasteiger partial charge in [-0.3, -0.25) is 4.79 Å². The number of rotatable bonds is 3. The van der Waals surface area contributed by atoms with Crippen LogP contribution in [0.25, 0.3) is 0 Å². The van der Waals surface area contributed by atoms with Crippen molar-refractivity contribution in [3.8, 4) is 0 Å². The van der Waals surface area contributed by atoms with Gasteiger partial charge in [0.25, 0.3) is 0 Å². The van der Waals surface area contributed by atoms with Gasteiger partial charge >= 0.3 is 0 Å². The molecule has 4 nitrogen and oxygen atoms in total. The van der Waals surface area contributed by atoms with Crippen molar-refractivity contribution in [2.24, 2.45) is 0 Å². The fourth-order valence-electron chi connectivity index (χ4n) is 1.75. The number of amides is 1. The van der Waals surface area contributed by atoms with Crippen molar-refractivity contribution >= 4 is 17.4 Å². The predicted molar refractivity (Wildman–Crippen MR) is 76.7 cm³/mol. The zero-order valence-electron chi connectivity index (χ0n) is 11.4. The first-order valence-electron chi connectivity index (χ1n) is 6.18. The highest BCUT2D eigenvalue weighted by molar-refractivity contribution is 5.97. The molecule has 5 heteroatoms. The minimum Gasteiger partial charge on any atom is -0.399 e. The molecule has 0 unspecified atom stereocenters. The van der Waals surface area contributed by atoms with Crippen LogP contribution in [0, 0.1) is 5.82 Å². The quantitative estimate of drug-likeness (QED) is 0.845. The van der Waals surface area contributed by atoms with Crippen molar-refractivity contribution in [1.29, 1.82) is 0 Å². The number of carbonyl (C=O) groups excluding carboxylic acids is 1. The molecule has 0 aliphatic carbocycles. The van der Waals surface area contributed by atoms with Crippen LogP contribution >= 0.6 is 0 Å². The van der Waals surface area contributed by atoms with Crippen molar-refractivity contribution in [2.45, 2.75) is 19.3 Å². The monoisotopic (exact) mass is 273 g/mol. The maximum absolute atomic E-state index is 12.8. The molecule has 2 rings (SSSR count). The Morgan fingerprint density at radius 3 is 2.40 bits per heavy atom. The number of aromatic nitrogens is 1. The molecule has 0 atom stereocenters. The molecule has 0 aliphatic heterocycles. The maximum atomic E-state index is 12.8. The van der Waals surface area contributed by atoms with E-state index in [0.717, 1.165) is 11.8 Å². The average Bonchev–Trinajstić information content (AvgIpc) is 2.42. The Bertz CT molecular complexity index is 606. The molecule has 3 N–H and O–H groups in total. The van der Waals surface area contributed by atoms with E-state index in [1.165, 1.54) is 12.1 Å². The van der Waals surface area contributed by atoms with Gasteiger partial charge in [-0.15, -0.1) is 0 Å². The standard InChI is InChI=1S/C15H16FN3O/c1-15(2,10-3-6-12(17)7-4-10)14(20)19-13-8-5-11(16)9-18-13/h3-9H,17H2,1-2H3,(H,18,19,20). The number of anilines is 2. The summed E-state index contributed by atoms with van der Waals surface area (Å²) in [5.41, 5.74) is 6.37. The fraction of sp³-hybridized carbons (Fsp3) is 0.200. The van der Waals surface area contributed by atoms with E-state index in [9.17, 15) is 9.18 Å². The third kappa shape index (κ3) is 2.93. The maximum Gasteiger partial charge on any atom is 0.235 e. The second kappa shape index (κ2) is 5.28. The highest BCUT2D eigenvalue weighted by Gasteiger charge is 2.29. The summed E-state index contributed by atoms with van der Waals surface area (Å²) in [6, 6.07) is 9.80. The molecule has 0 saturated heterocycles. The molecule has 1 amide bonds. The molecular formula is C15H16FN3O.